The van der Waals surface area contributed by atoms with E-state index in [1.807, 2.05) is 0 Å². The van der Waals surface area contributed by atoms with Crippen LogP contribution in [0.3, 0.4) is 0 Å². The molecule has 0 bridgehead atoms. The first kappa shape index (κ1) is 21.0. The lowest BCUT2D eigenvalue weighted by molar-refractivity contribution is -0.139. The molecule has 0 saturated carbocycles. The molecule has 0 fully saturated rings. The van der Waals surface area contributed by atoms with Crippen LogP contribution in [0, 0.1) is 6.92 Å². The summed E-state index contributed by atoms with van der Waals surface area (Å²) in [5.41, 5.74) is 0.114. The summed E-state index contributed by atoms with van der Waals surface area (Å²) < 4.78 is 76.4. The third-order valence-corrected chi connectivity index (χ3v) is 5.98. The highest BCUT2D eigenvalue weighted by Crippen LogP contribution is 2.36. The molecular weight excluding hydrogens is 383 g/mol. The summed E-state index contributed by atoms with van der Waals surface area (Å²) in [7, 11) is -0.212. The zero-order valence-electron chi connectivity index (χ0n) is 15.3. The van der Waals surface area contributed by atoms with Crippen LogP contribution in [0.15, 0.2) is 41.3 Å². The second-order valence-electron chi connectivity index (χ2n) is 5.89. The van der Waals surface area contributed by atoms with Crippen LogP contribution in [0.2, 0.25) is 0 Å². The van der Waals surface area contributed by atoms with Crippen molar-refractivity contribution >= 4 is 10.0 Å². The Morgan fingerprint density at radius 1 is 1.04 bits per heavy atom. The summed E-state index contributed by atoms with van der Waals surface area (Å²) in [6, 6.07) is 7.41. The summed E-state index contributed by atoms with van der Waals surface area (Å²) >= 11 is 0. The maximum Gasteiger partial charge on any atom is 0.417 e. The third kappa shape index (κ3) is 4.36. The van der Waals surface area contributed by atoms with Gasteiger partial charge in [-0.05, 0) is 42.3 Å². The quantitative estimate of drug-likeness (QED) is 0.735. The van der Waals surface area contributed by atoms with Crippen LogP contribution in [-0.4, -0.2) is 34.0 Å². The van der Waals surface area contributed by atoms with Gasteiger partial charge < -0.3 is 9.47 Å². The maximum atomic E-state index is 13.2. The van der Waals surface area contributed by atoms with E-state index >= 15 is 0 Å². The molecule has 148 valence electrons. The van der Waals surface area contributed by atoms with Crippen molar-refractivity contribution < 1.29 is 31.1 Å². The summed E-state index contributed by atoms with van der Waals surface area (Å²) in [5.74, 6) is 0.881. The summed E-state index contributed by atoms with van der Waals surface area (Å²) in [5, 5.41) is 0. The Balaban J connectivity index is 2.43. The van der Waals surface area contributed by atoms with Gasteiger partial charge in [0.25, 0.3) is 0 Å². The number of aryl methyl sites for hydroxylation is 1. The Kier molecular flexibility index (Phi) is 6.06. The molecule has 0 atom stereocenters. The minimum atomic E-state index is -4.77. The maximum absolute atomic E-state index is 13.2. The Bertz CT molecular complexity index is 927. The second kappa shape index (κ2) is 7.77. The Morgan fingerprint density at radius 2 is 1.59 bits per heavy atom. The number of ether oxygens (including phenoxy) is 2. The number of sulfonamides is 1. The predicted molar refractivity (Wildman–Crippen MR) is 94.4 cm³/mol. The van der Waals surface area contributed by atoms with Gasteiger partial charge in [0.1, 0.15) is 0 Å². The molecule has 0 aliphatic carbocycles. The number of alkyl halides is 3. The minimum absolute atomic E-state index is 0.124. The smallest absolute Gasteiger partial charge is 0.417 e. The fraction of sp³-hybridized carbons (Fsp3) is 0.333. The first-order valence-corrected chi connectivity index (χ1v) is 9.30. The highest BCUT2D eigenvalue weighted by atomic mass is 32.2. The van der Waals surface area contributed by atoms with Gasteiger partial charge in [0.05, 0.1) is 24.7 Å². The van der Waals surface area contributed by atoms with E-state index in [1.54, 1.807) is 19.1 Å². The fourth-order valence-corrected chi connectivity index (χ4v) is 3.97. The van der Waals surface area contributed by atoms with Crippen LogP contribution in [0.4, 0.5) is 13.2 Å². The molecule has 0 saturated heterocycles. The van der Waals surface area contributed by atoms with E-state index < -0.39 is 26.7 Å². The van der Waals surface area contributed by atoms with Gasteiger partial charge in [0.15, 0.2) is 11.5 Å². The lowest BCUT2D eigenvalue weighted by Crippen LogP contribution is -2.29. The summed E-state index contributed by atoms with van der Waals surface area (Å²) in [4.78, 5) is -0.780. The van der Waals surface area contributed by atoms with E-state index in [4.69, 9.17) is 9.47 Å². The number of halogens is 3. The number of hydrogen-bond acceptors (Lipinski definition) is 4. The van der Waals surface area contributed by atoms with E-state index in [0.717, 1.165) is 28.1 Å². The largest absolute Gasteiger partial charge is 0.493 e. The number of rotatable bonds is 6. The van der Waals surface area contributed by atoms with Crippen LogP contribution in [0.5, 0.6) is 11.5 Å². The van der Waals surface area contributed by atoms with Gasteiger partial charge >= 0.3 is 6.18 Å². The second-order valence-corrected chi connectivity index (χ2v) is 7.90. The molecular formula is C18H20F3NO4S. The van der Waals surface area contributed by atoms with Gasteiger partial charge in [-0.3, -0.25) is 0 Å². The topological polar surface area (TPSA) is 55.8 Å². The van der Waals surface area contributed by atoms with E-state index in [1.165, 1.54) is 27.3 Å². The zero-order valence-corrected chi connectivity index (χ0v) is 16.1. The molecule has 0 amide bonds. The lowest BCUT2D eigenvalue weighted by Gasteiger charge is -2.21. The average molecular weight is 403 g/mol. The van der Waals surface area contributed by atoms with E-state index in [2.05, 4.69) is 0 Å². The molecule has 0 spiro atoms. The summed E-state index contributed by atoms with van der Waals surface area (Å²) in [6.07, 6.45) is -4.77. The highest BCUT2D eigenvalue weighted by molar-refractivity contribution is 7.89. The number of methoxy groups -OCH3 is 2. The predicted octanol–water partition coefficient (Wildman–Crippen LogP) is 3.85. The van der Waals surface area contributed by atoms with Gasteiger partial charge in [-0.1, -0.05) is 12.1 Å². The standard InChI is InChI=1S/C18H20F3NO4S/c1-12-9-15(25-3)16(26-4)10-13(12)11-22(2)27(23,24)17-8-6-5-7-14(17)18(19,20)21/h5-10H,11H2,1-4H3. The van der Waals surface area contributed by atoms with Crippen molar-refractivity contribution in [3.8, 4) is 11.5 Å². The molecule has 5 nitrogen and oxygen atoms in total. The molecule has 0 radical (unpaired) electrons. The molecule has 2 aromatic carbocycles. The molecule has 2 rings (SSSR count). The first-order valence-electron chi connectivity index (χ1n) is 7.86. The number of hydrogen-bond donors (Lipinski definition) is 0. The SMILES string of the molecule is COc1cc(C)c(CN(C)S(=O)(=O)c2ccccc2C(F)(F)F)cc1OC. The lowest BCUT2D eigenvalue weighted by atomic mass is 10.1. The van der Waals surface area contributed by atoms with E-state index in [-0.39, 0.29) is 6.54 Å². The number of benzene rings is 2. The average Bonchev–Trinajstić information content (AvgIpc) is 2.62. The molecule has 0 aliphatic heterocycles. The Hall–Kier alpha value is -2.26. The van der Waals surface area contributed by atoms with Crippen molar-refractivity contribution in [2.75, 3.05) is 21.3 Å². The Labute approximate surface area is 156 Å². The summed E-state index contributed by atoms with van der Waals surface area (Å²) in [6.45, 7) is 1.63. The zero-order chi connectivity index (χ0) is 20.4. The van der Waals surface area contributed by atoms with Crippen molar-refractivity contribution in [1.82, 2.24) is 4.31 Å². The third-order valence-electron chi connectivity index (χ3n) is 4.12. The molecule has 2 aromatic rings. The monoisotopic (exact) mass is 403 g/mol. The molecule has 9 heteroatoms. The first-order chi connectivity index (χ1) is 12.5. The van der Waals surface area contributed by atoms with Gasteiger partial charge in [0, 0.05) is 13.6 Å². The van der Waals surface area contributed by atoms with Gasteiger partial charge in [0.2, 0.25) is 10.0 Å². The normalized spacial score (nSPS) is 12.3. The number of nitrogens with zero attached hydrogens (tertiary/aromatic N) is 1. The van der Waals surface area contributed by atoms with E-state index in [9.17, 15) is 21.6 Å². The van der Waals surface area contributed by atoms with Crippen molar-refractivity contribution in [2.45, 2.75) is 24.5 Å². The highest BCUT2D eigenvalue weighted by Gasteiger charge is 2.38. The molecule has 0 heterocycles. The molecule has 0 N–H and O–H groups in total. The fourth-order valence-electron chi connectivity index (χ4n) is 2.61. The van der Waals surface area contributed by atoms with Gasteiger partial charge in [-0.25, -0.2) is 8.42 Å². The van der Waals surface area contributed by atoms with Crippen LogP contribution in [-0.2, 0) is 22.7 Å². The van der Waals surface area contributed by atoms with Gasteiger partial charge in [-0.2, -0.15) is 17.5 Å². The van der Waals surface area contributed by atoms with Crippen molar-refractivity contribution in [2.24, 2.45) is 0 Å². The van der Waals surface area contributed by atoms with Crippen LogP contribution in [0.25, 0.3) is 0 Å². The molecule has 27 heavy (non-hydrogen) atoms. The molecule has 0 aromatic heterocycles. The van der Waals surface area contributed by atoms with Crippen LogP contribution in [0.1, 0.15) is 16.7 Å². The van der Waals surface area contributed by atoms with Crippen molar-refractivity contribution in [3.05, 3.63) is 53.1 Å². The van der Waals surface area contributed by atoms with Crippen molar-refractivity contribution in [3.63, 3.8) is 0 Å². The van der Waals surface area contributed by atoms with Crippen LogP contribution < -0.4 is 9.47 Å². The van der Waals surface area contributed by atoms with Gasteiger partial charge in [-0.15, -0.1) is 0 Å². The van der Waals surface area contributed by atoms with E-state index in [0.29, 0.717) is 17.1 Å². The Morgan fingerprint density at radius 3 is 2.15 bits per heavy atom. The molecule has 0 unspecified atom stereocenters. The van der Waals surface area contributed by atoms with Crippen molar-refractivity contribution in [1.29, 1.82) is 0 Å². The molecule has 0 aliphatic rings. The van der Waals surface area contributed by atoms with Crippen LogP contribution >= 0.6 is 0 Å². The minimum Gasteiger partial charge on any atom is -0.493 e.